The number of carbonyl (C=O) groups is 2. The van der Waals surface area contributed by atoms with Gasteiger partial charge in [0.05, 0.1) is 17.5 Å². The molecule has 1 spiro atoms. The molecule has 0 bridgehead atoms. The standard InChI is InChI=1S/C22H23N3O4S/c26-20(15-7-12-30(28,29)13-8-15)25-11-9-22(19(25)16-4-3-10-23-14-16)17-5-1-2-6-18(17)24-21(22)27/h1-6,10,14-15,19H,7-9,11-13H2,(H,24,27). The maximum Gasteiger partial charge on any atom is 0.237 e. The molecule has 4 heterocycles. The zero-order valence-electron chi connectivity index (χ0n) is 16.5. The molecule has 0 aliphatic carbocycles. The summed E-state index contributed by atoms with van der Waals surface area (Å²) in [5.41, 5.74) is 1.65. The monoisotopic (exact) mass is 425 g/mol. The van der Waals surface area contributed by atoms with E-state index in [2.05, 4.69) is 10.3 Å². The van der Waals surface area contributed by atoms with Crippen molar-refractivity contribution in [3.63, 3.8) is 0 Å². The summed E-state index contributed by atoms with van der Waals surface area (Å²) in [7, 11) is -3.05. The highest BCUT2D eigenvalue weighted by molar-refractivity contribution is 7.91. The molecule has 2 unspecified atom stereocenters. The summed E-state index contributed by atoms with van der Waals surface area (Å²) in [6.07, 6.45) is 4.59. The average molecular weight is 426 g/mol. The summed E-state index contributed by atoms with van der Waals surface area (Å²) >= 11 is 0. The molecule has 2 atom stereocenters. The van der Waals surface area contributed by atoms with Gasteiger partial charge in [-0.15, -0.1) is 0 Å². The molecule has 30 heavy (non-hydrogen) atoms. The molecular formula is C22H23N3O4S. The number of para-hydroxylation sites is 1. The lowest BCUT2D eigenvalue weighted by molar-refractivity contribution is -0.138. The summed E-state index contributed by atoms with van der Waals surface area (Å²) in [6.45, 7) is 0.448. The van der Waals surface area contributed by atoms with E-state index in [1.807, 2.05) is 36.4 Å². The van der Waals surface area contributed by atoms with Crippen LogP contribution in [0.25, 0.3) is 0 Å². The lowest BCUT2D eigenvalue weighted by atomic mass is 9.72. The van der Waals surface area contributed by atoms with Crippen LogP contribution in [0.5, 0.6) is 0 Å². The fraction of sp³-hybridized carbons (Fsp3) is 0.409. The molecule has 3 aliphatic rings. The van der Waals surface area contributed by atoms with Gasteiger partial charge >= 0.3 is 0 Å². The molecule has 8 heteroatoms. The number of hydrogen-bond acceptors (Lipinski definition) is 5. The van der Waals surface area contributed by atoms with Gasteiger partial charge in [0.15, 0.2) is 0 Å². The van der Waals surface area contributed by atoms with Crippen LogP contribution in [-0.4, -0.2) is 48.2 Å². The Morgan fingerprint density at radius 3 is 2.63 bits per heavy atom. The van der Waals surface area contributed by atoms with Crippen LogP contribution in [0.4, 0.5) is 5.69 Å². The number of pyridine rings is 1. The van der Waals surface area contributed by atoms with Gasteiger partial charge in [0.2, 0.25) is 11.8 Å². The lowest BCUT2D eigenvalue weighted by Gasteiger charge is -2.36. The maximum absolute atomic E-state index is 13.5. The minimum Gasteiger partial charge on any atom is -0.334 e. The van der Waals surface area contributed by atoms with Crippen LogP contribution >= 0.6 is 0 Å². The largest absolute Gasteiger partial charge is 0.334 e. The molecule has 2 aromatic rings. The second kappa shape index (κ2) is 6.91. The van der Waals surface area contributed by atoms with Crippen LogP contribution in [0.15, 0.2) is 48.8 Å². The Hall–Kier alpha value is -2.74. The zero-order chi connectivity index (χ0) is 20.9. The molecule has 0 saturated carbocycles. The fourth-order valence-electron chi connectivity index (χ4n) is 5.30. The smallest absolute Gasteiger partial charge is 0.237 e. The molecule has 7 nitrogen and oxygen atoms in total. The fourth-order valence-corrected chi connectivity index (χ4v) is 6.79. The number of sulfone groups is 1. The summed E-state index contributed by atoms with van der Waals surface area (Å²) in [4.78, 5) is 32.9. The molecule has 3 aliphatic heterocycles. The van der Waals surface area contributed by atoms with E-state index in [-0.39, 0.29) is 29.2 Å². The van der Waals surface area contributed by atoms with Gasteiger partial charge in [0.25, 0.3) is 0 Å². The quantitative estimate of drug-likeness (QED) is 0.795. The number of fused-ring (bicyclic) bond motifs is 2. The van der Waals surface area contributed by atoms with Gasteiger partial charge in [-0.25, -0.2) is 8.42 Å². The lowest BCUT2D eigenvalue weighted by Crippen LogP contribution is -2.45. The third-order valence-corrected chi connectivity index (χ3v) is 8.49. The Morgan fingerprint density at radius 2 is 1.90 bits per heavy atom. The van der Waals surface area contributed by atoms with Crippen molar-refractivity contribution in [2.24, 2.45) is 5.92 Å². The Bertz CT molecular complexity index is 1100. The van der Waals surface area contributed by atoms with Crippen molar-refractivity contribution in [1.29, 1.82) is 0 Å². The summed E-state index contributed by atoms with van der Waals surface area (Å²) in [5, 5.41) is 3.00. The van der Waals surface area contributed by atoms with Gasteiger partial charge in [0, 0.05) is 30.5 Å². The van der Waals surface area contributed by atoms with E-state index < -0.39 is 21.3 Å². The molecular weight excluding hydrogens is 402 g/mol. The predicted octanol–water partition coefficient (Wildman–Crippen LogP) is 2.07. The average Bonchev–Trinajstić information content (AvgIpc) is 3.28. The van der Waals surface area contributed by atoms with Gasteiger partial charge in [-0.3, -0.25) is 14.6 Å². The van der Waals surface area contributed by atoms with Crippen LogP contribution in [0.3, 0.4) is 0 Å². The van der Waals surface area contributed by atoms with Crippen molar-refractivity contribution in [3.05, 3.63) is 59.9 Å². The number of likely N-dealkylation sites (tertiary alicyclic amines) is 1. The number of carbonyl (C=O) groups excluding carboxylic acids is 2. The molecule has 2 saturated heterocycles. The second-order valence-electron chi connectivity index (χ2n) is 8.37. The molecule has 1 N–H and O–H groups in total. The van der Waals surface area contributed by atoms with E-state index in [1.165, 1.54) is 0 Å². The number of benzene rings is 1. The molecule has 1 aromatic carbocycles. The molecule has 5 rings (SSSR count). The number of aromatic nitrogens is 1. The number of hydrogen-bond donors (Lipinski definition) is 1. The van der Waals surface area contributed by atoms with Crippen LogP contribution in [-0.2, 0) is 24.8 Å². The van der Waals surface area contributed by atoms with Gasteiger partial charge < -0.3 is 10.2 Å². The highest BCUT2D eigenvalue weighted by Gasteiger charge is 2.59. The maximum atomic E-state index is 13.5. The summed E-state index contributed by atoms with van der Waals surface area (Å²) in [6, 6.07) is 10.9. The van der Waals surface area contributed by atoms with E-state index in [0.29, 0.717) is 25.8 Å². The summed E-state index contributed by atoms with van der Waals surface area (Å²) < 4.78 is 23.6. The first-order valence-electron chi connectivity index (χ1n) is 10.2. The first-order chi connectivity index (χ1) is 14.4. The zero-order valence-corrected chi connectivity index (χ0v) is 17.3. The Morgan fingerprint density at radius 1 is 1.13 bits per heavy atom. The van der Waals surface area contributed by atoms with Crippen molar-refractivity contribution in [2.45, 2.75) is 30.7 Å². The normalized spacial score (nSPS) is 27.8. The SMILES string of the molecule is O=C(C1CCS(=O)(=O)CC1)N1CCC2(C(=O)Nc3ccccc32)C1c1cccnc1. The van der Waals surface area contributed by atoms with Crippen LogP contribution < -0.4 is 5.32 Å². The van der Waals surface area contributed by atoms with Crippen molar-refractivity contribution in [2.75, 3.05) is 23.4 Å². The molecule has 2 fully saturated rings. The number of anilines is 1. The highest BCUT2D eigenvalue weighted by atomic mass is 32.2. The third-order valence-electron chi connectivity index (χ3n) is 6.77. The second-order valence-corrected chi connectivity index (χ2v) is 10.7. The number of amides is 2. The Labute approximate surface area is 175 Å². The number of nitrogens with zero attached hydrogens (tertiary/aromatic N) is 2. The van der Waals surface area contributed by atoms with Gasteiger partial charge in [-0.05, 0) is 42.5 Å². The van der Waals surface area contributed by atoms with Gasteiger partial charge in [-0.1, -0.05) is 24.3 Å². The minimum absolute atomic E-state index is 0.0449. The number of nitrogens with one attached hydrogen (secondary N) is 1. The van der Waals surface area contributed by atoms with Crippen LogP contribution in [0, 0.1) is 5.92 Å². The van der Waals surface area contributed by atoms with Crippen molar-refractivity contribution in [1.82, 2.24) is 9.88 Å². The van der Waals surface area contributed by atoms with E-state index >= 15 is 0 Å². The first-order valence-corrected chi connectivity index (χ1v) is 12.1. The van der Waals surface area contributed by atoms with Crippen LogP contribution in [0.2, 0.25) is 0 Å². The van der Waals surface area contributed by atoms with E-state index in [4.69, 9.17) is 0 Å². The summed E-state index contributed by atoms with van der Waals surface area (Å²) in [5.74, 6) is -0.401. The van der Waals surface area contributed by atoms with Crippen molar-refractivity contribution in [3.8, 4) is 0 Å². The molecule has 1 aromatic heterocycles. The predicted molar refractivity (Wildman–Crippen MR) is 111 cm³/mol. The highest BCUT2D eigenvalue weighted by Crippen LogP contribution is 2.55. The third kappa shape index (κ3) is 2.85. The van der Waals surface area contributed by atoms with E-state index in [0.717, 1.165) is 16.8 Å². The van der Waals surface area contributed by atoms with Gasteiger partial charge in [0.1, 0.15) is 15.3 Å². The molecule has 156 valence electrons. The Kier molecular flexibility index (Phi) is 4.43. The van der Waals surface area contributed by atoms with Crippen molar-refractivity contribution >= 4 is 27.3 Å². The topological polar surface area (TPSA) is 96.4 Å². The first kappa shape index (κ1) is 19.2. The minimum atomic E-state index is -3.05. The van der Waals surface area contributed by atoms with Crippen LogP contribution in [0.1, 0.15) is 36.4 Å². The van der Waals surface area contributed by atoms with E-state index in [9.17, 15) is 18.0 Å². The molecule has 0 radical (unpaired) electrons. The number of rotatable bonds is 2. The van der Waals surface area contributed by atoms with Gasteiger partial charge in [-0.2, -0.15) is 0 Å². The van der Waals surface area contributed by atoms with Crippen molar-refractivity contribution < 1.29 is 18.0 Å². The van der Waals surface area contributed by atoms with E-state index in [1.54, 1.807) is 17.3 Å². The Balaban J connectivity index is 1.57. The molecule has 2 amide bonds.